The summed E-state index contributed by atoms with van der Waals surface area (Å²) in [6.45, 7) is 5.32. The van der Waals surface area contributed by atoms with Crippen LogP contribution in [0.3, 0.4) is 0 Å². The highest BCUT2D eigenvalue weighted by Gasteiger charge is 2.51. The molecule has 0 radical (unpaired) electrons. The molecule has 0 aromatic heterocycles. The highest BCUT2D eigenvalue weighted by molar-refractivity contribution is 5.03. The molecule has 0 saturated heterocycles. The van der Waals surface area contributed by atoms with Gasteiger partial charge in [-0.1, -0.05) is 6.92 Å². The standard InChI is InChI=1S/C19H31N/c1-3-5-6-7-18(20-4-2)14-19-11-15-8-16(12-19)10-17(9-15)13-19/h15-18,20H,4,6-14H2,1-2H3. The summed E-state index contributed by atoms with van der Waals surface area (Å²) in [4.78, 5) is 0. The Labute approximate surface area is 125 Å². The summed E-state index contributed by atoms with van der Waals surface area (Å²) in [7, 11) is 0. The van der Waals surface area contributed by atoms with Crippen molar-refractivity contribution in [3.05, 3.63) is 0 Å². The molecule has 1 heteroatoms. The van der Waals surface area contributed by atoms with E-state index in [1.807, 2.05) is 6.92 Å². The molecular weight excluding hydrogens is 242 g/mol. The van der Waals surface area contributed by atoms with Crippen molar-refractivity contribution in [3.8, 4) is 11.8 Å². The number of rotatable bonds is 6. The molecule has 4 saturated carbocycles. The van der Waals surface area contributed by atoms with E-state index in [2.05, 4.69) is 24.1 Å². The van der Waals surface area contributed by atoms with E-state index in [-0.39, 0.29) is 0 Å². The van der Waals surface area contributed by atoms with Gasteiger partial charge in [0.25, 0.3) is 0 Å². The zero-order chi connectivity index (χ0) is 14.0. The Morgan fingerprint density at radius 3 is 2.20 bits per heavy atom. The fourth-order valence-electron chi connectivity index (χ4n) is 6.00. The van der Waals surface area contributed by atoms with E-state index in [0.717, 1.165) is 30.7 Å². The van der Waals surface area contributed by atoms with Gasteiger partial charge >= 0.3 is 0 Å². The van der Waals surface area contributed by atoms with Crippen molar-refractivity contribution in [3.63, 3.8) is 0 Å². The molecule has 0 aromatic carbocycles. The van der Waals surface area contributed by atoms with Crippen LogP contribution in [0.25, 0.3) is 0 Å². The minimum absolute atomic E-state index is 0.706. The van der Waals surface area contributed by atoms with Crippen LogP contribution in [0, 0.1) is 35.0 Å². The SMILES string of the molecule is CC#CCCC(CC12CC3CC(CC(C3)C1)C2)NCC. The minimum Gasteiger partial charge on any atom is -0.314 e. The molecule has 0 amide bonds. The molecule has 4 aliphatic carbocycles. The van der Waals surface area contributed by atoms with Crippen LogP contribution < -0.4 is 5.32 Å². The molecule has 4 fully saturated rings. The molecule has 4 rings (SSSR count). The first-order valence-electron chi connectivity index (χ1n) is 8.86. The number of hydrogen-bond acceptors (Lipinski definition) is 1. The van der Waals surface area contributed by atoms with Gasteiger partial charge in [0.05, 0.1) is 0 Å². The molecule has 0 spiro atoms. The molecular formula is C19H31N. The second kappa shape index (κ2) is 6.10. The first kappa shape index (κ1) is 14.5. The summed E-state index contributed by atoms with van der Waals surface area (Å²) in [6, 6.07) is 0.706. The second-order valence-corrected chi connectivity index (χ2v) is 7.84. The lowest BCUT2D eigenvalue weighted by Gasteiger charge is -2.57. The third-order valence-corrected chi connectivity index (χ3v) is 6.13. The predicted octanol–water partition coefficient (Wildman–Crippen LogP) is 4.37. The average Bonchev–Trinajstić information content (AvgIpc) is 2.37. The van der Waals surface area contributed by atoms with Crippen LogP contribution in [0.5, 0.6) is 0 Å². The van der Waals surface area contributed by atoms with Crippen LogP contribution in [0.1, 0.15) is 71.6 Å². The summed E-state index contributed by atoms with van der Waals surface area (Å²) in [5.41, 5.74) is 0.710. The Balaban J connectivity index is 1.62. The van der Waals surface area contributed by atoms with Crippen molar-refractivity contribution in [1.82, 2.24) is 5.32 Å². The van der Waals surface area contributed by atoms with Gasteiger partial charge in [0, 0.05) is 12.5 Å². The van der Waals surface area contributed by atoms with Crippen molar-refractivity contribution in [2.24, 2.45) is 23.2 Å². The first-order valence-corrected chi connectivity index (χ1v) is 8.86. The maximum atomic E-state index is 3.75. The van der Waals surface area contributed by atoms with Gasteiger partial charge < -0.3 is 5.32 Å². The molecule has 1 atom stereocenters. The fraction of sp³-hybridized carbons (Fsp3) is 0.895. The van der Waals surface area contributed by atoms with E-state index in [9.17, 15) is 0 Å². The Bertz CT molecular complexity index is 351. The van der Waals surface area contributed by atoms with Gasteiger partial charge in [0.2, 0.25) is 0 Å². The van der Waals surface area contributed by atoms with Crippen molar-refractivity contribution >= 4 is 0 Å². The minimum atomic E-state index is 0.706. The van der Waals surface area contributed by atoms with Crippen LogP contribution in [0.15, 0.2) is 0 Å². The van der Waals surface area contributed by atoms with Crippen LogP contribution in [-0.2, 0) is 0 Å². The van der Waals surface area contributed by atoms with Gasteiger partial charge in [0.15, 0.2) is 0 Å². The molecule has 4 aliphatic rings. The summed E-state index contributed by atoms with van der Waals surface area (Å²) in [5, 5.41) is 3.75. The number of hydrogen-bond donors (Lipinski definition) is 1. The third-order valence-electron chi connectivity index (χ3n) is 6.13. The van der Waals surface area contributed by atoms with Gasteiger partial charge in [-0.3, -0.25) is 0 Å². The van der Waals surface area contributed by atoms with Gasteiger partial charge in [-0.05, 0) is 88.0 Å². The van der Waals surface area contributed by atoms with Crippen molar-refractivity contribution < 1.29 is 0 Å². The molecule has 1 unspecified atom stereocenters. The van der Waals surface area contributed by atoms with Crippen molar-refractivity contribution in [2.45, 2.75) is 77.7 Å². The Hall–Kier alpha value is -0.480. The highest BCUT2D eigenvalue weighted by atomic mass is 14.9. The Morgan fingerprint density at radius 1 is 1.10 bits per heavy atom. The normalized spacial score (nSPS) is 39.4. The molecule has 0 heterocycles. The molecule has 20 heavy (non-hydrogen) atoms. The Kier molecular flexibility index (Phi) is 4.41. The molecule has 1 nitrogen and oxygen atoms in total. The highest BCUT2D eigenvalue weighted by Crippen LogP contribution is 2.61. The molecule has 4 bridgehead atoms. The molecule has 1 N–H and O–H groups in total. The van der Waals surface area contributed by atoms with E-state index in [1.54, 1.807) is 38.5 Å². The largest absolute Gasteiger partial charge is 0.314 e. The van der Waals surface area contributed by atoms with E-state index in [0.29, 0.717) is 11.5 Å². The average molecular weight is 273 g/mol. The zero-order valence-electron chi connectivity index (χ0n) is 13.4. The summed E-state index contributed by atoms with van der Waals surface area (Å²) in [5.74, 6) is 9.55. The second-order valence-electron chi connectivity index (χ2n) is 7.84. The zero-order valence-corrected chi connectivity index (χ0v) is 13.4. The quantitative estimate of drug-likeness (QED) is 0.708. The summed E-state index contributed by atoms with van der Waals surface area (Å²) in [6.07, 6.45) is 13.1. The summed E-state index contributed by atoms with van der Waals surface area (Å²) < 4.78 is 0. The van der Waals surface area contributed by atoms with E-state index in [4.69, 9.17) is 0 Å². The maximum Gasteiger partial charge on any atom is 0.0103 e. The van der Waals surface area contributed by atoms with Gasteiger partial charge in [-0.15, -0.1) is 11.8 Å². The summed E-state index contributed by atoms with van der Waals surface area (Å²) >= 11 is 0. The Morgan fingerprint density at radius 2 is 1.70 bits per heavy atom. The van der Waals surface area contributed by atoms with Crippen LogP contribution in [0.4, 0.5) is 0 Å². The number of nitrogens with one attached hydrogen (secondary N) is 1. The maximum absolute atomic E-state index is 3.75. The molecule has 112 valence electrons. The molecule has 0 aliphatic heterocycles. The van der Waals surface area contributed by atoms with Gasteiger partial charge in [0.1, 0.15) is 0 Å². The first-order chi connectivity index (χ1) is 9.73. The van der Waals surface area contributed by atoms with E-state index in [1.165, 1.54) is 12.8 Å². The van der Waals surface area contributed by atoms with Crippen molar-refractivity contribution in [2.75, 3.05) is 6.54 Å². The monoisotopic (exact) mass is 273 g/mol. The molecule has 0 aromatic rings. The van der Waals surface area contributed by atoms with Gasteiger partial charge in [-0.2, -0.15) is 0 Å². The topological polar surface area (TPSA) is 12.0 Å². The fourth-order valence-corrected chi connectivity index (χ4v) is 6.00. The smallest absolute Gasteiger partial charge is 0.0103 e. The van der Waals surface area contributed by atoms with E-state index >= 15 is 0 Å². The third kappa shape index (κ3) is 3.06. The van der Waals surface area contributed by atoms with Crippen LogP contribution in [-0.4, -0.2) is 12.6 Å². The van der Waals surface area contributed by atoms with Crippen molar-refractivity contribution in [1.29, 1.82) is 0 Å². The van der Waals surface area contributed by atoms with Crippen LogP contribution in [0.2, 0.25) is 0 Å². The lowest BCUT2D eigenvalue weighted by molar-refractivity contribution is -0.0622. The lowest BCUT2D eigenvalue weighted by Crippen LogP contribution is -2.48. The van der Waals surface area contributed by atoms with Gasteiger partial charge in [-0.25, -0.2) is 0 Å². The predicted molar refractivity (Wildman–Crippen MR) is 85.4 cm³/mol. The van der Waals surface area contributed by atoms with Crippen LogP contribution >= 0.6 is 0 Å². The lowest BCUT2D eigenvalue weighted by atomic mass is 9.48. The van der Waals surface area contributed by atoms with E-state index < -0.39 is 0 Å².